The van der Waals surface area contributed by atoms with Gasteiger partial charge in [-0.05, 0) is 32.2 Å². The summed E-state index contributed by atoms with van der Waals surface area (Å²) in [5.41, 5.74) is 2.66. The highest BCUT2D eigenvalue weighted by Crippen LogP contribution is 2.27. The minimum Gasteiger partial charge on any atom is -0.435 e. The zero-order valence-corrected chi connectivity index (χ0v) is 12.0. The number of aryl methyl sites for hydroxylation is 1. The van der Waals surface area contributed by atoms with Crippen molar-refractivity contribution >= 4 is 10.9 Å². The molecule has 1 N–H and O–H groups in total. The Bertz CT molecular complexity index is 756. The SMILES string of the molecule is CNCc1ccc(Oc2cccc3ccc(C)nc23)nn1. The molecule has 0 aliphatic rings. The summed E-state index contributed by atoms with van der Waals surface area (Å²) < 4.78 is 5.82. The molecule has 5 heteroatoms. The van der Waals surface area contributed by atoms with Gasteiger partial charge in [0.2, 0.25) is 5.88 Å². The Morgan fingerprint density at radius 3 is 2.71 bits per heavy atom. The van der Waals surface area contributed by atoms with Gasteiger partial charge in [-0.3, -0.25) is 0 Å². The number of rotatable bonds is 4. The van der Waals surface area contributed by atoms with Crippen molar-refractivity contribution in [3.8, 4) is 11.6 Å². The summed E-state index contributed by atoms with van der Waals surface area (Å²) in [7, 11) is 1.87. The molecule has 0 bridgehead atoms. The lowest BCUT2D eigenvalue weighted by molar-refractivity contribution is 0.457. The predicted octanol–water partition coefficient (Wildman–Crippen LogP) is 2.84. The summed E-state index contributed by atoms with van der Waals surface area (Å²) >= 11 is 0. The van der Waals surface area contributed by atoms with Gasteiger partial charge in [-0.2, -0.15) is 5.10 Å². The van der Waals surface area contributed by atoms with Gasteiger partial charge < -0.3 is 10.1 Å². The number of pyridine rings is 1. The monoisotopic (exact) mass is 280 g/mol. The number of benzene rings is 1. The van der Waals surface area contributed by atoms with E-state index in [0.29, 0.717) is 18.2 Å². The molecular formula is C16H16N4O. The third-order valence-corrected chi connectivity index (χ3v) is 3.09. The molecule has 0 aliphatic carbocycles. The van der Waals surface area contributed by atoms with Gasteiger partial charge in [0.25, 0.3) is 0 Å². The lowest BCUT2D eigenvalue weighted by atomic mass is 10.2. The van der Waals surface area contributed by atoms with Crippen LogP contribution in [0.2, 0.25) is 0 Å². The van der Waals surface area contributed by atoms with Crippen molar-refractivity contribution in [2.75, 3.05) is 7.05 Å². The Labute approximate surface area is 123 Å². The molecule has 2 aromatic heterocycles. The highest BCUT2D eigenvalue weighted by Gasteiger charge is 2.06. The second kappa shape index (κ2) is 5.85. The maximum absolute atomic E-state index is 5.82. The van der Waals surface area contributed by atoms with Crippen molar-refractivity contribution in [1.82, 2.24) is 20.5 Å². The number of ether oxygens (including phenoxy) is 1. The normalized spacial score (nSPS) is 10.8. The lowest BCUT2D eigenvalue weighted by Gasteiger charge is -2.08. The van der Waals surface area contributed by atoms with Crippen LogP contribution in [0.3, 0.4) is 0 Å². The number of para-hydroxylation sites is 1. The fourth-order valence-corrected chi connectivity index (χ4v) is 2.09. The minimum atomic E-state index is 0.464. The molecule has 0 aliphatic heterocycles. The second-order valence-electron chi connectivity index (χ2n) is 4.78. The van der Waals surface area contributed by atoms with Crippen molar-refractivity contribution in [3.63, 3.8) is 0 Å². The summed E-state index contributed by atoms with van der Waals surface area (Å²) in [4.78, 5) is 4.54. The third-order valence-electron chi connectivity index (χ3n) is 3.09. The van der Waals surface area contributed by atoms with Crippen molar-refractivity contribution < 1.29 is 4.74 Å². The number of aromatic nitrogens is 3. The van der Waals surface area contributed by atoms with E-state index in [-0.39, 0.29) is 0 Å². The van der Waals surface area contributed by atoms with Crippen LogP contribution in [0.25, 0.3) is 10.9 Å². The molecule has 0 radical (unpaired) electrons. The summed E-state index contributed by atoms with van der Waals surface area (Å²) in [6.45, 7) is 2.64. The Kier molecular flexibility index (Phi) is 3.75. The van der Waals surface area contributed by atoms with E-state index in [9.17, 15) is 0 Å². The molecule has 21 heavy (non-hydrogen) atoms. The molecule has 0 amide bonds. The summed E-state index contributed by atoms with van der Waals surface area (Å²) in [6, 6.07) is 13.6. The van der Waals surface area contributed by atoms with Gasteiger partial charge in [0, 0.05) is 23.7 Å². The van der Waals surface area contributed by atoms with E-state index in [1.54, 1.807) is 0 Å². The van der Waals surface area contributed by atoms with Crippen LogP contribution in [-0.4, -0.2) is 22.2 Å². The zero-order chi connectivity index (χ0) is 14.7. The first-order valence-electron chi connectivity index (χ1n) is 6.78. The molecule has 3 aromatic rings. The molecule has 106 valence electrons. The van der Waals surface area contributed by atoms with E-state index in [1.807, 2.05) is 56.4 Å². The van der Waals surface area contributed by atoms with E-state index < -0.39 is 0 Å². The van der Waals surface area contributed by atoms with Crippen LogP contribution in [-0.2, 0) is 6.54 Å². The molecule has 0 saturated carbocycles. The molecule has 0 saturated heterocycles. The quantitative estimate of drug-likeness (QED) is 0.796. The fourth-order valence-electron chi connectivity index (χ4n) is 2.09. The van der Waals surface area contributed by atoms with Crippen molar-refractivity contribution in [2.24, 2.45) is 0 Å². The minimum absolute atomic E-state index is 0.464. The lowest BCUT2D eigenvalue weighted by Crippen LogP contribution is -2.07. The Morgan fingerprint density at radius 2 is 1.95 bits per heavy atom. The summed E-state index contributed by atoms with van der Waals surface area (Å²) in [5.74, 6) is 1.15. The first-order valence-corrected chi connectivity index (χ1v) is 6.78. The number of fused-ring (bicyclic) bond motifs is 1. The molecule has 0 fully saturated rings. The van der Waals surface area contributed by atoms with E-state index >= 15 is 0 Å². The maximum atomic E-state index is 5.82. The summed E-state index contributed by atoms with van der Waals surface area (Å²) in [5, 5.41) is 12.3. The first kappa shape index (κ1) is 13.5. The molecule has 3 rings (SSSR count). The van der Waals surface area contributed by atoms with Crippen LogP contribution in [0.1, 0.15) is 11.4 Å². The predicted molar refractivity (Wildman–Crippen MR) is 81.3 cm³/mol. The van der Waals surface area contributed by atoms with Gasteiger partial charge in [-0.25, -0.2) is 4.98 Å². The van der Waals surface area contributed by atoms with Gasteiger partial charge in [-0.1, -0.05) is 18.2 Å². The van der Waals surface area contributed by atoms with Crippen LogP contribution in [0.5, 0.6) is 11.6 Å². The highest BCUT2D eigenvalue weighted by molar-refractivity contribution is 5.84. The number of hydrogen-bond donors (Lipinski definition) is 1. The molecule has 0 atom stereocenters. The maximum Gasteiger partial charge on any atom is 0.238 e. The number of nitrogens with zero attached hydrogens (tertiary/aromatic N) is 3. The topological polar surface area (TPSA) is 59.9 Å². The average molecular weight is 280 g/mol. The van der Waals surface area contributed by atoms with Gasteiger partial charge in [0.15, 0.2) is 5.75 Å². The van der Waals surface area contributed by atoms with E-state index in [4.69, 9.17) is 4.74 Å². The number of hydrogen-bond acceptors (Lipinski definition) is 5. The molecule has 1 aromatic carbocycles. The Morgan fingerprint density at radius 1 is 1.05 bits per heavy atom. The summed E-state index contributed by atoms with van der Waals surface area (Å²) in [6.07, 6.45) is 0. The Hall–Kier alpha value is -2.53. The van der Waals surface area contributed by atoms with E-state index in [0.717, 1.165) is 22.3 Å². The fraction of sp³-hybridized carbons (Fsp3) is 0.188. The van der Waals surface area contributed by atoms with Crippen molar-refractivity contribution in [1.29, 1.82) is 0 Å². The largest absolute Gasteiger partial charge is 0.435 e. The van der Waals surface area contributed by atoms with Crippen LogP contribution < -0.4 is 10.1 Å². The molecule has 0 spiro atoms. The van der Waals surface area contributed by atoms with E-state index in [2.05, 4.69) is 20.5 Å². The van der Waals surface area contributed by atoms with Gasteiger partial charge >= 0.3 is 0 Å². The van der Waals surface area contributed by atoms with Crippen molar-refractivity contribution in [3.05, 3.63) is 53.9 Å². The Balaban J connectivity index is 1.92. The standard InChI is InChI=1S/C16H16N4O/c1-11-6-7-12-4-3-5-14(16(12)18-11)21-15-9-8-13(10-17-2)19-20-15/h3-9,17H,10H2,1-2H3. The number of nitrogens with one attached hydrogen (secondary N) is 1. The molecule has 2 heterocycles. The zero-order valence-electron chi connectivity index (χ0n) is 12.0. The third kappa shape index (κ3) is 2.98. The van der Waals surface area contributed by atoms with Crippen LogP contribution >= 0.6 is 0 Å². The smallest absolute Gasteiger partial charge is 0.238 e. The average Bonchev–Trinajstić information content (AvgIpc) is 2.50. The van der Waals surface area contributed by atoms with Crippen LogP contribution in [0.4, 0.5) is 0 Å². The van der Waals surface area contributed by atoms with Crippen LogP contribution in [0.15, 0.2) is 42.5 Å². The van der Waals surface area contributed by atoms with Gasteiger partial charge in [-0.15, -0.1) is 5.10 Å². The second-order valence-corrected chi connectivity index (χ2v) is 4.78. The van der Waals surface area contributed by atoms with Gasteiger partial charge in [0.05, 0.1) is 5.69 Å². The van der Waals surface area contributed by atoms with Crippen LogP contribution in [0, 0.1) is 6.92 Å². The molecule has 5 nitrogen and oxygen atoms in total. The molecular weight excluding hydrogens is 264 g/mol. The first-order chi connectivity index (χ1) is 10.3. The van der Waals surface area contributed by atoms with Gasteiger partial charge in [0.1, 0.15) is 5.52 Å². The molecule has 0 unspecified atom stereocenters. The van der Waals surface area contributed by atoms with E-state index in [1.165, 1.54) is 0 Å². The highest BCUT2D eigenvalue weighted by atomic mass is 16.5. The van der Waals surface area contributed by atoms with Crippen molar-refractivity contribution in [2.45, 2.75) is 13.5 Å².